The van der Waals surface area contributed by atoms with Crippen LogP contribution >= 0.6 is 24.0 Å². The van der Waals surface area contributed by atoms with Gasteiger partial charge in [0.05, 0.1) is 10.6 Å². The third-order valence-corrected chi connectivity index (χ3v) is 3.59. The standard InChI is InChI=1S/C13H18N2OS2/c1-3-9(8-12(14)17)15-13(16)10-6-4-5-7-11(10)18-2/h4-7,9H,3,8H2,1-2H3,(H2,14,17)(H,15,16). The van der Waals surface area contributed by atoms with Gasteiger partial charge in [0, 0.05) is 17.4 Å². The van der Waals surface area contributed by atoms with E-state index in [2.05, 4.69) is 5.32 Å². The maximum Gasteiger partial charge on any atom is 0.252 e. The van der Waals surface area contributed by atoms with E-state index in [-0.39, 0.29) is 11.9 Å². The first-order valence-electron chi connectivity index (χ1n) is 5.80. The smallest absolute Gasteiger partial charge is 0.252 e. The number of nitrogens with two attached hydrogens (primary N) is 1. The van der Waals surface area contributed by atoms with E-state index in [1.54, 1.807) is 11.8 Å². The summed E-state index contributed by atoms with van der Waals surface area (Å²) in [6.07, 6.45) is 3.31. The first-order valence-corrected chi connectivity index (χ1v) is 7.44. The lowest BCUT2D eigenvalue weighted by Gasteiger charge is -2.17. The van der Waals surface area contributed by atoms with Crippen LogP contribution in [-0.2, 0) is 0 Å². The molecule has 1 unspecified atom stereocenters. The Kier molecular flexibility index (Phi) is 6.15. The molecule has 3 nitrogen and oxygen atoms in total. The fourth-order valence-electron chi connectivity index (χ4n) is 1.64. The van der Waals surface area contributed by atoms with Gasteiger partial charge in [0.2, 0.25) is 0 Å². The molecule has 0 spiro atoms. The van der Waals surface area contributed by atoms with Gasteiger partial charge in [-0.25, -0.2) is 0 Å². The van der Waals surface area contributed by atoms with Crippen molar-refractivity contribution < 1.29 is 4.79 Å². The Morgan fingerprint density at radius 2 is 2.17 bits per heavy atom. The largest absolute Gasteiger partial charge is 0.393 e. The summed E-state index contributed by atoms with van der Waals surface area (Å²) in [5.41, 5.74) is 6.22. The lowest BCUT2D eigenvalue weighted by atomic mass is 10.1. The minimum Gasteiger partial charge on any atom is -0.393 e. The molecule has 1 amide bonds. The SMILES string of the molecule is CCC(CC(N)=S)NC(=O)c1ccccc1SC. The average molecular weight is 282 g/mol. The van der Waals surface area contributed by atoms with Crippen molar-refractivity contribution in [1.82, 2.24) is 5.32 Å². The molecule has 0 aliphatic carbocycles. The van der Waals surface area contributed by atoms with Crippen LogP contribution < -0.4 is 11.1 Å². The van der Waals surface area contributed by atoms with E-state index in [4.69, 9.17) is 18.0 Å². The van der Waals surface area contributed by atoms with E-state index in [0.29, 0.717) is 17.0 Å². The first kappa shape index (κ1) is 15.0. The summed E-state index contributed by atoms with van der Waals surface area (Å²) in [6.45, 7) is 2.00. The van der Waals surface area contributed by atoms with Gasteiger partial charge in [-0.3, -0.25) is 4.79 Å². The molecule has 1 aromatic carbocycles. The molecule has 0 saturated heterocycles. The Morgan fingerprint density at radius 3 is 2.72 bits per heavy atom. The predicted octanol–water partition coefficient (Wildman–Crippen LogP) is 2.59. The number of thiocarbonyl (C=S) groups is 1. The normalized spacial score (nSPS) is 11.9. The van der Waals surface area contributed by atoms with Gasteiger partial charge in [-0.2, -0.15) is 0 Å². The van der Waals surface area contributed by atoms with Gasteiger partial charge in [-0.1, -0.05) is 31.3 Å². The Morgan fingerprint density at radius 1 is 1.50 bits per heavy atom. The van der Waals surface area contributed by atoms with Crippen molar-refractivity contribution in [1.29, 1.82) is 0 Å². The lowest BCUT2D eigenvalue weighted by Crippen LogP contribution is -2.37. The summed E-state index contributed by atoms with van der Waals surface area (Å²) in [5.74, 6) is -0.0666. The van der Waals surface area contributed by atoms with Crippen LogP contribution in [0.2, 0.25) is 0 Å². The molecule has 5 heteroatoms. The molecular formula is C13H18N2OS2. The molecule has 0 aliphatic heterocycles. The molecule has 1 rings (SSSR count). The Bertz CT molecular complexity index is 435. The van der Waals surface area contributed by atoms with Gasteiger partial charge < -0.3 is 11.1 Å². The first-order chi connectivity index (χ1) is 8.58. The summed E-state index contributed by atoms with van der Waals surface area (Å²) in [4.78, 5) is 13.6. The highest BCUT2D eigenvalue weighted by Crippen LogP contribution is 2.19. The van der Waals surface area contributed by atoms with E-state index >= 15 is 0 Å². The fourth-order valence-corrected chi connectivity index (χ4v) is 2.43. The van der Waals surface area contributed by atoms with Gasteiger partial charge in [0.1, 0.15) is 0 Å². The Balaban J connectivity index is 2.77. The zero-order valence-corrected chi connectivity index (χ0v) is 12.2. The molecule has 0 fully saturated rings. The summed E-state index contributed by atoms with van der Waals surface area (Å²) >= 11 is 6.44. The molecule has 18 heavy (non-hydrogen) atoms. The molecule has 1 atom stereocenters. The highest BCUT2D eigenvalue weighted by atomic mass is 32.2. The van der Waals surface area contributed by atoms with Crippen LogP contribution in [0.4, 0.5) is 0 Å². The summed E-state index contributed by atoms with van der Waals surface area (Å²) in [6, 6.07) is 7.56. The van der Waals surface area contributed by atoms with Crippen molar-refractivity contribution in [2.45, 2.75) is 30.7 Å². The van der Waals surface area contributed by atoms with Gasteiger partial charge >= 0.3 is 0 Å². The molecule has 0 aliphatic rings. The van der Waals surface area contributed by atoms with Gasteiger partial charge in [-0.15, -0.1) is 11.8 Å². The number of nitrogens with one attached hydrogen (secondary N) is 1. The number of amides is 1. The molecule has 1 aromatic rings. The summed E-state index contributed by atoms with van der Waals surface area (Å²) < 4.78 is 0. The van der Waals surface area contributed by atoms with E-state index in [9.17, 15) is 4.79 Å². The van der Waals surface area contributed by atoms with E-state index in [0.717, 1.165) is 11.3 Å². The van der Waals surface area contributed by atoms with Crippen LogP contribution in [0.25, 0.3) is 0 Å². The van der Waals surface area contributed by atoms with Crippen LogP contribution in [0.5, 0.6) is 0 Å². The maximum atomic E-state index is 12.2. The third kappa shape index (κ3) is 4.31. The minimum atomic E-state index is -0.0666. The van der Waals surface area contributed by atoms with Crippen molar-refractivity contribution in [3.8, 4) is 0 Å². The van der Waals surface area contributed by atoms with Gasteiger partial charge in [-0.05, 0) is 24.8 Å². The topological polar surface area (TPSA) is 55.1 Å². The van der Waals surface area contributed by atoms with E-state index in [1.807, 2.05) is 37.4 Å². The van der Waals surface area contributed by atoms with Crippen LogP contribution in [0.15, 0.2) is 29.2 Å². The van der Waals surface area contributed by atoms with E-state index in [1.165, 1.54) is 0 Å². The van der Waals surface area contributed by atoms with Crippen molar-refractivity contribution in [2.75, 3.05) is 6.26 Å². The second-order valence-corrected chi connectivity index (χ2v) is 5.32. The van der Waals surface area contributed by atoms with Crippen molar-refractivity contribution >= 4 is 34.9 Å². The second kappa shape index (κ2) is 7.38. The van der Waals surface area contributed by atoms with Crippen molar-refractivity contribution in [2.24, 2.45) is 5.73 Å². The van der Waals surface area contributed by atoms with E-state index < -0.39 is 0 Å². The van der Waals surface area contributed by atoms with Crippen LogP contribution in [-0.4, -0.2) is 23.2 Å². The number of rotatable bonds is 6. The summed E-state index contributed by atoms with van der Waals surface area (Å²) in [7, 11) is 0. The zero-order chi connectivity index (χ0) is 13.5. The Labute approximate surface area is 118 Å². The highest BCUT2D eigenvalue weighted by Gasteiger charge is 2.15. The lowest BCUT2D eigenvalue weighted by molar-refractivity contribution is 0.0934. The monoisotopic (exact) mass is 282 g/mol. The van der Waals surface area contributed by atoms with Crippen molar-refractivity contribution in [3.63, 3.8) is 0 Å². The summed E-state index contributed by atoms with van der Waals surface area (Å²) in [5, 5.41) is 2.97. The number of carbonyl (C=O) groups excluding carboxylic acids is 1. The molecule has 98 valence electrons. The highest BCUT2D eigenvalue weighted by molar-refractivity contribution is 7.98. The maximum absolute atomic E-state index is 12.2. The third-order valence-electron chi connectivity index (χ3n) is 2.63. The van der Waals surface area contributed by atoms with Crippen LogP contribution in [0.3, 0.4) is 0 Å². The number of carbonyl (C=O) groups is 1. The number of thioether (sulfide) groups is 1. The predicted molar refractivity (Wildman–Crippen MR) is 81.2 cm³/mol. The molecule has 0 saturated carbocycles. The van der Waals surface area contributed by atoms with Gasteiger partial charge in [0.15, 0.2) is 0 Å². The van der Waals surface area contributed by atoms with Crippen LogP contribution in [0.1, 0.15) is 30.1 Å². The quantitative estimate of drug-likeness (QED) is 0.622. The number of benzene rings is 1. The molecule has 0 radical (unpaired) electrons. The minimum absolute atomic E-state index is 0.00455. The number of hydrogen-bond donors (Lipinski definition) is 2. The van der Waals surface area contributed by atoms with Crippen molar-refractivity contribution in [3.05, 3.63) is 29.8 Å². The van der Waals surface area contributed by atoms with Crippen LogP contribution in [0, 0.1) is 0 Å². The number of hydrogen-bond acceptors (Lipinski definition) is 3. The Hall–Kier alpha value is -1.07. The molecule has 3 N–H and O–H groups in total. The molecular weight excluding hydrogens is 264 g/mol. The second-order valence-electron chi connectivity index (χ2n) is 3.95. The molecule has 0 heterocycles. The fraction of sp³-hybridized carbons (Fsp3) is 0.385. The zero-order valence-electron chi connectivity index (χ0n) is 10.6. The molecule has 0 bridgehead atoms. The average Bonchev–Trinajstić information content (AvgIpc) is 2.37. The van der Waals surface area contributed by atoms with Gasteiger partial charge in [0.25, 0.3) is 5.91 Å². The molecule has 0 aromatic heterocycles.